The third-order valence-electron chi connectivity index (χ3n) is 1.34. The van der Waals surface area contributed by atoms with Crippen LogP contribution in [-0.4, -0.2) is 36.2 Å². The molecule has 2 nitrogen and oxygen atoms in total. The molecule has 0 rings (SSSR count). The minimum Gasteiger partial charge on any atom is -0.351 e. The van der Waals surface area contributed by atoms with E-state index in [1.807, 2.05) is 0 Å². The van der Waals surface area contributed by atoms with E-state index in [0.29, 0.717) is 0 Å². The number of hydrogen-bond donors (Lipinski definition) is 0. The van der Waals surface area contributed by atoms with Crippen molar-refractivity contribution in [3.8, 4) is 0 Å². The van der Waals surface area contributed by atoms with Crippen LogP contribution in [0.2, 0.25) is 0 Å². The largest absolute Gasteiger partial charge is 0.428 e. The van der Waals surface area contributed by atoms with Gasteiger partial charge in [0.15, 0.2) is 0 Å². The summed E-state index contributed by atoms with van der Waals surface area (Å²) in [4.78, 5) is 0. The maximum atomic E-state index is 11.9. The van der Waals surface area contributed by atoms with Gasteiger partial charge in [0.05, 0.1) is 12.7 Å². The first kappa shape index (κ1) is 17.1. The van der Waals surface area contributed by atoms with Crippen LogP contribution in [0.4, 0.5) is 26.3 Å². The second kappa shape index (κ2) is 6.31. The molecule has 0 aliphatic heterocycles. The van der Waals surface area contributed by atoms with Crippen molar-refractivity contribution in [2.24, 2.45) is 0 Å². The number of hydrogen-bond acceptors (Lipinski definition) is 2. The van der Waals surface area contributed by atoms with Gasteiger partial charge in [-0.05, 0) is 6.92 Å². The molecule has 104 valence electrons. The summed E-state index contributed by atoms with van der Waals surface area (Å²) < 4.78 is 79.5. The Kier molecular flexibility index (Phi) is 6.34. The zero-order valence-corrected chi connectivity index (χ0v) is 9.79. The summed E-state index contributed by atoms with van der Waals surface area (Å²) in [7, 11) is 0. The second-order valence-corrected chi connectivity index (χ2v) is 3.79. The summed E-state index contributed by atoms with van der Waals surface area (Å²) in [6.07, 6.45) is -10.9. The summed E-state index contributed by atoms with van der Waals surface area (Å²) in [5.74, 6) is 0. The fraction of sp³-hybridized carbons (Fsp3) is 1.00. The van der Waals surface area contributed by atoms with E-state index in [9.17, 15) is 26.3 Å². The van der Waals surface area contributed by atoms with Crippen LogP contribution in [0, 0.1) is 0 Å². The normalized spacial score (nSPS) is 18.9. The summed E-state index contributed by atoms with van der Waals surface area (Å²) in [6, 6.07) is 0. The highest BCUT2D eigenvalue weighted by molar-refractivity contribution is 6.20. The van der Waals surface area contributed by atoms with Crippen LogP contribution in [0.5, 0.6) is 0 Å². The number of alkyl halides is 8. The Hall–Kier alpha value is 0.0800. The van der Waals surface area contributed by atoms with Gasteiger partial charge in [0, 0.05) is 0 Å². The lowest BCUT2D eigenvalue weighted by Gasteiger charge is -2.21. The molecule has 0 aliphatic rings. The van der Waals surface area contributed by atoms with Crippen molar-refractivity contribution in [1.82, 2.24) is 0 Å². The molecule has 17 heavy (non-hydrogen) atoms. The Labute approximate surface area is 103 Å². The molecule has 0 aliphatic carbocycles. The smallest absolute Gasteiger partial charge is 0.351 e. The predicted molar refractivity (Wildman–Crippen MR) is 47.9 cm³/mol. The molecule has 0 fully saturated rings. The van der Waals surface area contributed by atoms with E-state index in [0.717, 1.165) is 6.92 Å². The summed E-state index contributed by atoms with van der Waals surface area (Å²) >= 11 is 9.57. The Morgan fingerprint density at radius 3 is 1.71 bits per heavy atom. The molecule has 0 radical (unpaired) electrons. The highest BCUT2D eigenvalue weighted by atomic mass is 35.5. The Balaban J connectivity index is 4.00. The van der Waals surface area contributed by atoms with Crippen LogP contribution in [0.3, 0.4) is 0 Å². The molecule has 10 heteroatoms. The van der Waals surface area contributed by atoms with Gasteiger partial charge in [-0.25, -0.2) is 0 Å². The van der Waals surface area contributed by atoms with Crippen molar-refractivity contribution >= 4 is 23.2 Å². The molecule has 0 spiro atoms. The van der Waals surface area contributed by atoms with Gasteiger partial charge in [0.25, 0.3) is 0 Å². The first-order valence-corrected chi connectivity index (χ1v) is 5.00. The average molecular weight is 309 g/mol. The van der Waals surface area contributed by atoms with E-state index in [1.165, 1.54) is 0 Å². The van der Waals surface area contributed by atoms with Gasteiger partial charge in [-0.3, -0.25) is 0 Å². The van der Waals surface area contributed by atoms with Crippen molar-refractivity contribution in [2.75, 3.05) is 6.61 Å². The van der Waals surface area contributed by atoms with E-state index in [2.05, 4.69) is 9.47 Å². The molecule has 3 atom stereocenters. The van der Waals surface area contributed by atoms with E-state index in [4.69, 9.17) is 23.2 Å². The Morgan fingerprint density at radius 1 is 0.941 bits per heavy atom. The van der Waals surface area contributed by atoms with Crippen LogP contribution in [-0.2, 0) is 9.47 Å². The molecule has 0 aromatic carbocycles. The average Bonchev–Trinajstić information content (AvgIpc) is 2.10. The highest BCUT2D eigenvalue weighted by Crippen LogP contribution is 2.28. The van der Waals surface area contributed by atoms with E-state index in [-0.39, 0.29) is 0 Å². The number of halogens is 8. The minimum atomic E-state index is -4.81. The summed E-state index contributed by atoms with van der Waals surface area (Å²) in [5, 5.41) is 0. The van der Waals surface area contributed by atoms with Crippen molar-refractivity contribution in [3.05, 3.63) is 0 Å². The van der Waals surface area contributed by atoms with Gasteiger partial charge in [0.1, 0.15) is 0 Å². The molecule has 0 aromatic rings. The first-order chi connectivity index (χ1) is 7.44. The van der Waals surface area contributed by atoms with Crippen molar-refractivity contribution in [2.45, 2.75) is 36.5 Å². The van der Waals surface area contributed by atoms with Crippen LogP contribution in [0.15, 0.2) is 0 Å². The molecule has 0 saturated carbocycles. The van der Waals surface area contributed by atoms with E-state index < -0.39 is 36.2 Å². The molecule has 0 N–H and O–H groups in total. The zero-order chi connectivity index (χ0) is 13.9. The fourth-order valence-corrected chi connectivity index (χ4v) is 0.883. The Morgan fingerprint density at radius 2 is 1.35 bits per heavy atom. The molecular weight excluding hydrogens is 301 g/mol. The molecule has 0 saturated heterocycles. The molecular formula is C7H8Cl2F6O2. The molecule has 0 bridgehead atoms. The molecule has 0 heterocycles. The zero-order valence-electron chi connectivity index (χ0n) is 8.28. The molecule has 3 unspecified atom stereocenters. The lowest BCUT2D eigenvalue weighted by Crippen LogP contribution is -2.34. The van der Waals surface area contributed by atoms with Gasteiger partial charge in [-0.15, -0.1) is 0 Å². The SMILES string of the molecule is CC(COC(Cl)C(F)(F)F)OC(Cl)C(F)(F)F. The predicted octanol–water partition coefficient (Wildman–Crippen LogP) is 3.66. The van der Waals surface area contributed by atoms with Crippen LogP contribution in [0.25, 0.3) is 0 Å². The Bertz CT molecular complexity index is 231. The van der Waals surface area contributed by atoms with Crippen LogP contribution in [0.1, 0.15) is 6.92 Å². The number of rotatable bonds is 5. The van der Waals surface area contributed by atoms with E-state index in [1.54, 1.807) is 0 Å². The quantitative estimate of drug-likeness (QED) is 0.570. The first-order valence-electron chi connectivity index (χ1n) is 4.13. The summed E-state index contributed by atoms with van der Waals surface area (Å²) in [5.41, 5.74) is -5.21. The van der Waals surface area contributed by atoms with Gasteiger partial charge in [-0.2, -0.15) is 26.3 Å². The van der Waals surface area contributed by atoms with Crippen molar-refractivity contribution < 1.29 is 35.8 Å². The maximum Gasteiger partial charge on any atom is 0.428 e. The monoisotopic (exact) mass is 308 g/mol. The van der Waals surface area contributed by atoms with Gasteiger partial charge in [-0.1, -0.05) is 23.2 Å². The van der Waals surface area contributed by atoms with Gasteiger partial charge in [0.2, 0.25) is 11.1 Å². The third-order valence-corrected chi connectivity index (χ3v) is 2.07. The van der Waals surface area contributed by atoms with Crippen molar-refractivity contribution in [3.63, 3.8) is 0 Å². The number of ether oxygens (including phenoxy) is 2. The van der Waals surface area contributed by atoms with Gasteiger partial charge >= 0.3 is 12.4 Å². The van der Waals surface area contributed by atoms with Crippen molar-refractivity contribution in [1.29, 1.82) is 0 Å². The van der Waals surface area contributed by atoms with Crippen LogP contribution >= 0.6 is 23.2 Å². The fourth-order valence-electron chi connectivity index (χ4n) is 0.635. The second-order valence-electron chi connectivity index (χ2n) is 3.00. The molecule has 0 amide bonds. The topological polar surface area (TPSA) is 18.5 Å². The standard InChI is InChI=1S/C7H8Cl2F6O2/c1-3(17-5(9)7(13,14)15)2-16-4(8)6(10,11)12/h3-5H,2H2,1H3. The minimum absolute atomic E-state index is 0.771. The van der Waals surface area contributed by atoms with Crippen LogP contribution < -0.4 is 0 Å². The molecule has 0 aromatic heterocycles. The summed E-state index contributed by atoms with van der Waals surface area (Å²) in [6.45, 7) is 0.300. The highest BCUT2D eigenvalue weighted by Gasteiger charge is 2.42. The maximum absolute atomic E-state index is 11.9. The lowest BCUT2D eigenvalue weighted by atomic mass is 10.4. The van der Waals surface area contributed by atoms with Gasteiger partial charge < -0.3 is 9.47 Å². The van der Waals surface area contributed by atoms with E-state index >= 15 is 0 Å². The third kappa shape index (κ3) is 7.17. The lowest BCUT2D eigenvalue weighted by molar-refractivity contribution is -0.221.